The van der Waals surface area contributed by atoms with Crippen LogP contribution in [-0.2, 0) is 0 Å². The molecule has 0 aliphatic carbocycles. The molecule has 0 saturated carbocycles. The first-order valence-electron chi connectivity index (χ1n) is 7.75. The molecular weight excluding hydrogens is 250 g/mol. The number of hydrogen-bond acceptors (Lipinski definition) is 5. The highest BCUT2D eigenvalue weighted by Gasteiger charge is 2.22. The highest BCUT2D eigenvalue weighted by Crippen LogP contribution is 2.20. The number of rotatable bonds is 6. The maximum atomic E-state index is 4.66. The van der Waals surface area contributed by atoms with Crippen LogP contribution in [0.3, 0.4) is 0 Å². The number of nitrogens with one attached hydrogen (secondary N) is 1. The molecule has 0 radical (unpaired) electrons. The monoisotopic (exact) mass is 277 g/mol. The van der Waals surface area contributed by atoms with Gasteiger partial charge in [0.05, 0.1) is 12.4 Å². The van der Waals surface area contributed by atoms with Crippen LogP contribution in [0.5, 0.6) is 0 Å². The molecule has 2 heterocycles. The molecule has 0 atom stereocenters. The second-order valence-corrected chi connectivity index (χ2v) is 5.47. The highest BCUT2D eigenvalue weighted by molar-refractivity contribution is 5.44. The van der Waals surface area contributed by atoms with Crippen molar-refractivity contribution in [3.63, 3.8) is 0 Å². The molecule has 1 saturated heterocycles. The van der Waals surface area contributed by atoms with Crippen LogP contribution in [0.4, 0.5) is 11.6 Å². The van der Waals surface area contributed by atoms with Crippen molar-refractivity contribution in [3.8, 4) is 0 Å². The smallest absolute Gasteiger partial charge is 0.149 e. The van der Waals surface area contributed by atoms with Crippen molar-refractivity contribution in [2.24, 2.45) is 0 Å². The zero-order valence-electron chi connectivity index (χ0n) is 13.0. The Balaban J connectivity index is 1.96. The van der Waals surface area contributed by atoms with Crippen molar-refractivity contribution in [2.45, 2.75) is 39.2 Å². The summed E-state index contributed by atoms with van der Waals surface area (Å²) in [5.74, 6) is 1.85. The van der Waals surface area contributed by atoms with Gasteiger partial charge in [0.25, 0.3) is 0 Å². The molecule has 5 heteroatoms. The number of hydrogen-bond donors (Lipinski definition) is 1. The second kappa shape index (κ2) is 7.43. The quantitative estimate of drug-likeness (QED) is 0.864. The summed E-state index contributed by atoms with van der Waals surface area (Å²) in [6, 6.07) is 0.577. The number of piperidine rings is 1. The first-order chi connectivity index (χ1) is 9.74. The average molecular weight is 277 g/mol. The molecule has 2 rings (SSSR count). The van der Waals surface area contributed by atoms with E-state index in [0.29, 0.717) is 6.04 Å². The topological polar surface area (TPSA) is 44.3 Å². The van der Waals surface area contributed by atoms with E-state index in [4.69, 9.17) is 0 Å². The Morgan fingerprint density at radius 1 is 1.30 bits per heavy atom. The predicted molar refractivity (Wildman–Crippen MR) is 84.4 cm³/mol. The molecule has 1 N–H and O–H groups in total. The Labute approximate surface area is 122 Å². The van der Waals surface area contributed by atoms with Gasteiger partial charge in [0.2, 0.25) is 0 Å². The van der Waals surface area contributed by atoms with E-state index >= 15 is 0 Å². The number of likely N-dealkylation sites (tertiary alicyclic amines) is 1. The molecule has 0 amide bonds. The third-order valence-electron chi connectivity index (χ3n) is 4.09. The molecule has 1 aliphatic heterocycles. The van der Waals surface area contributed by atoms with Crippen LogP contribution < -0.4 is 10.2 Å². The summed E-state index contributed by atoms with van der Waals surface area (Å²) < 4.78 is 0. The third kappa shape index (κ3) is 3.82. The van der Waals surface area contributed by atoms with Crippen molar-refractivity contribution in [1.29, 1.82) is 0 Å². The van der Waals surface area contributed by atoms with Crippen LogP contribution in [0, 0.1) is 0 Å². The first-order valence-corrected chi connectivity index (χ1v) is 7.75. The summed E-state index contributed by atoms with van der Waals surface area (Å²) in [7, 11) is 2.14. The molecule has 1 aromatic heterocycles. The Hall–Kier alpha value is -1.36. The molecule has 0 bridgehead atoms. The fourth-order valence-corrected chi connectivity index (χ4v) is 2.67. The zero-order valence-corrected chi connectivity index (χ0v) is 13.0. The van der Waals surface area contributed by atoms with E-state index in [1.807, 2.05) is 6.20 Å². The fourth-order valence-electron chi connectivity index (χ4n) is 2.67. The molecule has 5 nitrogen and oxygen atoms in total. The van der Waals surface area contributed by atoms with Gasteiger partial charge in [0.15, 0.2) is 0 Å². The largest absolute Gasteiger partial charge is 0.369 e. The van der Waals surface area contributed by atoms with E-state index in [0.717, 1.165) is 31.1 Å². The Morgan fingerprint density at radius 3 is 2.70 bits per heavy atom. The van der Waals surface area contributed by atoms with Crippen LogP contribution in [-0.4, -0.2) is 54.1 Å². The van der Waals surface area contributed by atoms with Gasteiger partial charge in [0, 0.05) is 32.7 Å². The van der Waals surface area contributed by atoms with E-state index in [1.54, 1.807) is 6.20 Å². The van der Waals surface area contributed by atoms with Crippen LogP contribution in [0.15, 0.2) is 12.4 Å². The molecule has 1 fully saturated rings. The SMILES string of the molecule is CCCNc1cncc(N(C)C2CCN(CC)CC2)n1. The van der Waals surface area contributed by atoms with E-state index < -0.39 is 0 Å². The summed E-state index contributed by atoms with van der Waals surface area (Å²) in [4.78, 5) is 13.8. The molecule has 0 unspecified atom stereocenters. The van der Waals surface area contributed by atoms with Gasteiger partial charge in [-0.25, -0.2) is 4.98 Å². The zero-order chi connectivity index (χ0) is 14.4. The lowest BCUT2D eigenvalue weighted by Gasteiger charge is -2.36. The molecule has 20 heavy (non-hydrogen) atoms. The van der Waals surface area contributed by atoms with Crippen molar-refractivity contribution in [1.82, 2.24) is 14.9 Å². The van der Waals surface area contributed by atoms with Crippen molar-refractivity contribution < 1.29 is 0 Å². The Bertz CT molecular complexity index is 401. The van der Waals surface area contributed by atoms with Gasteiger partial charge < -0.3 is 15.1 Å². The summed E-state index contributed by atoms with van der Waals surface area (Å²) in [5.41, 5.74) is 0. The summed E-state index contributed by atoms with van der Waals surface area (Å²) >= 11 is 0. The molecule has 1 aliphatic rings. The van der Waals surface area contributed by atoms with Gasteiger partial charge in [-0.3, -0.25) is 4.98 Å². The standard InChI is InChI=1S/C15H27N5/c1-4-8-17-14-11-16-12-15(18-14)19(3)13-6-9-20(5-2)10-7-13/h11-13H,4-10H2,1-3H3,(H,17,18). The molecular formula is C15H27N5. The van der Waals surface area contributed by atoms with Gasteiger partial charge in [-0.2, -0.15) is 0 Å². The Kier molecular flexibility index (Phi) is 5.59. The summed E-state index contributed by atoms with van der Waals surface area (Å²) in [5, 5.41) is 3.30. The summed E-state index contributed by atoms with van der Waals surface area (Å²) in [6.07, 6.45) is 7.17. The molecule has 0 aromatic carbocycles. The highest BCUT2D eigenvalue weighted by atomic mass is 15.2. The first kappa shape index (κ1) is 15.0. The van der Waals surface area contributed by atoms with Crippen LogP contribution in [0.25, 0.3) is 0 Å². The minimum Gasteiger partial charge on any atom is -0.369 e. The van der Waals surface area contributed by atoms with Crippen LogP contribution in [0.2, 0.25) is 0 Å². The molecule has 112 valence electrons. The number of aromatic nitrogens is 2. The van der Waals surface area contributed by atoms with E-state index in [-0.39, 0.29) is 0 Å². The second-order valence-electron chi connectivity index (χ2n) is 5.47. The normalized spacial score (nSPS) is 17.1. The molecule has 0 spiro atoms. The minimum absolute atomic E-state index is 0.577. The van der Waals surface area contributed by atoms with Gasteiger partial charge in [-0.05, 0) is 25.8 Å². The van der Waals surface area contributed by atoms with Gasteiger partial charge in [-0.15, -0.1) is 0 Å². The van der Waals surface area contributed by atoms with E-state index in [1.165, 1.54) is 25.9 Å². The van der Waals surface area contributed by atoms with Crippen LogP contribution >= 0.6 is 0 Å². The molecule has 1 aromatic rings. The summed E-state index contributed by atoms with van der Waals surface area (Å²) in [6.45, 7) is 8.86. The van der Waals surface area contributed by atoms with Gasteiger partial charge in [0.1, 0.15) is 11.6 Å². The Morgan fingerprint density at radius 2 is 2.05 bits per heavy atom. The van der Waals surface area contributed by atoms with E-state index in [2.05, 4.69) is 46.0 Å². The van der Waals surface area contributed by atoms with E-state index in [9.17, 15) is 0 Å². The van der Waals surface area contributed by atoms with Gasteiger partial charge >= 0.3 is 0 Å². The lowest BCUT2D eigenvalue weighted by molar-refractivity contribution is 0.220. The van der Waals surface area contributed by atoms with Gasteiger partial charge in [-0.1, -0.05) is 13.8 Å². The third-order valence-corrected chi connectivity index (χ3v) is 4.09. The maximum Gasteiger partial charge on any atom is 0.149 e. The number of nitrogens with zero attached hydrogens (tertiary/aromatic N) is 4. The minimum atomic E-state index is 0.577. The van der Waals surface area contributed by atoms with Crippen molar-refractivity contribution in [3.05, 3.63) is 12.4 Å². The fraction of sp³-hybridized carbons (Fsp3) is 0.733. The average Bonchev–Trinajstić information content (AvgIpc) is 2.52. The predicted octanol–water partition coefficient (Wildman–Crippen LogP) is 2.22. The maximum absolute atomic E-state index is 4.66. The van der Waals surface area contributed by atoms with Crippen molar-refractivity contribution >= 4 is 11.6 Å². The lowest BCUT2D eigenvalue weighted by Crippen LogP contribution is -2.43. The van der Waals surface area contributed by atoms with Crippen LogP contribution in [0.1, 0.15) is 33.1 Å². The lowest BCUT2D eigenvalue weighted by atomic mass is 10.0. The number of anilines is 2. The van der Waals surface area contributed by atoms with Crippen molar-refractivity contribution in [2.75, 3.05) is 43.4 Å².